The maximum Gasteiger partial charge on any atom is 0.303 e. The zero-order valence-corrected chi connectivity index (χ0v) is 23.8. The zero-order valence-electron chi connectivity index (χ0n) is 23.8. The number of aryl methyl sites for hydroxylation is 1. The topological polar surface area (TPSA) is 94.5 Å². The van der Waals surface area contributed by atoms with E-state index in [1.54, 1.807) is 0 Å². The van der Waals surface area contributed by atoms with Gasteiger partial charge in [0, 0.05) is 32.0 Å². The van der Waals surface area contributed by atoms with E-state index in [1.807, 2.05) is 12.1 Å². The van der Waals surface area contributed by atoms with Gasteiger partial charge in [-0.1, -0.05) is 54.6 Å². The number of carboxylic acid groups (broad SMARTS) is 1. The molecule has 1 saturated carbocycles. The van der Waals surface area contributed by atoms with Gasteiger partial charge in [0.25, 0.3) is 0 Å². The molecule has 7 nitrogen and oxygen atoms in total. The van der Waals surface area contributed by atoms with Gasteiger partial charge < -0.3 is 29.2 Å². The maximum absolute atomic E-state index is 11.1. The van der Waals surface area contributed by atoms with Gasteiger partial charge in [-0.05, 0) is 82.1 Å². The molecule has 1 aromatic carbocycles. The van der Waals surface area contributed by atoms with Crippen LogP contribution in [0.4, 0.5) is 0 Å². The molecule has 0 amide bonds. The Balaban J connectivity index is 1.44. The maximum atomic E-state index is 11.1. The Labute approximate surface area is 239 Å². The van der Waals surface area contributed by atoms with E-state index in [0.717, 1.165) is 77.4 Å². The number of unbranched alkanes of at least 4 members (excludes halogenated alkanes) is 1. The summed E-state index contributed by atoms with van der Waals surface area (Å²) in [7, 11) is 0. The van der Waals surface area contributed by atoms with Crippen LogP contribution in [0, 0.1) is 11.8 Å². The van der Waals surface area contributed by atoms with Gasteiger partial charge in [-0.15, -0.1) is 0 Å². The first-order valence-corrected chi connectivity index (χ1v) is 15.4. The summed E-state index contributed by atoms with van der Waals surface area (Å²) in [4.78, 5) is 10.8. The van der Waals surface area contributed by atoms with Crippen molar-refractivity contribution in [2.45, 2.75) is 114 Å². The van der Waals surface area contributed by atoms with Crippen molar-refractivity contribution >= 4 is 5.97 Å². The molecular weight excluding hydrogens is 508 g/mol. The number of carboxylic acids is 1. The molecule has 2 unspecified atom stereocenters. The molecule has 2 N–H and O–H groups in total. The second-order valence-corrected chi connectivity index (χ2v) is 11.4. The first kappa shape index (κ1) is 30.9. The minimum Gasteiger partial charge on any atom is -0.481 e. The average Bonchev–Trinajstić information content (AvgIpc) is 3.26. The summed E-state index contributed by atoms with van der Waals surface area (Å²) < 4.78 is 24.7. The van der Waals surface area contributed by atoms with Gasteiger partial charge >= 0.3 is 5.97 Å². The van der Waals surface area contributed by atoms with Crippen molar-refractivity contribution in [3.63, 3.8) is 0 Å². The molecule has 2 aliphatic heterocycles. The van der Waals surface area contributed by atoms with Crippen LogP contribution >= 0.6 is 0 Å². The fourth-order valence-corrected chi connectivity index (χ4v) is 6.01. The van der Waals surface area contributed by atoms with Gasteiger partial charge in [0.1, 0.15) is 0 Å². The number of aliphatic hydroxyl groups excluding tert-OH is 1. The Morgan fingerprint density at radius 3 is 2.48 bits per heavy atom. The number of allylic oxidation sites excluding steroid dienone is 2. The molecule has 0 radical (unpaired) electrons. The Morgan fingerprint density at radius 2 is 1.77 bits per heavy atom. The molecule has 222 valence electrons. The minimum atomic E-state index is -0.766. The van der Waals surface area contributed by atoms with Crippen LogP contribution in [0.25, 0.3) is 0 Å². The van der Waals surface area contributed by atoms with E-state index in [1.165, 1.54) is 5.56 Å². The van der Waals surface area contributed by atoms with Crippen molar-refractivity contribution in [2.75, 3.05) is 13.2 Å². The number of carbonyl (C=O) groups is 1. The number of hydrogen-bond acceptors (Lipinski definition) is 6. The average molecular weight is 557 g/mol. The second-order valence-electron chi connectivity index (χ2n) is 11.4. The number of aliphatic hydroxyl groups is 1. The summed E-state index contributed by atoms with van der Waals surface area (Å²) in [6, 6.07) is 10.5. The normalized spacial score (nSPS) is 30.2. The molecule has 3 fully saturated rings. The first-order chi connectivity index (χ1) is 19.6. The third kappa shape index (κ3) is 10.4. The van der Waals surface area contributed by atoms with Crippen molar-refractivity contribution < 1.29 is 34.0 Å². The number of rotatable bonds is 15. The van der Waals surface area contributed by atoms with Gasteiger partial charge in [0.2, 0.25) is 0 Å². The molecule has 0 aromatic heterocycles. The lowest BCUT2D eigenvalue weighted by Gasteiger charge is -2.30. The van der Waals surface area contributed by atoms with Crippen molar-refractivity contribution in [2.24, 2.45) is 11.8 Å². The first-order valence-electron chi connectivity index (χ1n) is 15.4. The highest BCUT2D eigenvalue weighted by atomic mass is 16.7. The summed E-state index contributed by atoms with van der Waals surface area (Å²) in [5.41, 5.74) is 1.28. The van der Waals surface area contributed by atoms with Gasteiger partial charge in [0.05, 0.1) is 18.3 Å². The highest BCUT2D eigenvalue weighted by Crippen LogP contribution is 2.39. The van der Waals surface area contributed by atoms with E-state index in [9.17, 15) is 9.90 Å². The molecule has 2 heterocycles. The highest BCUT2D eigenvalue weighted by Gasteiger charge is 2.42. The molecule has 40 heavy (non-hydrogen) atoms. The Hall–Kier alpha value is -2.03. The summed E-state index contributed by atoms with van der Waals surface area (Å²) in [6.45, 7) is 1.46. The van der Waals surface area contributed by atoms with E-state index in [2.05, 4.69) is 42.5 Å². The number of ether oxygens (including phenoxy) is 4. The zero-order chi connectivity index (χ0) is 28.0. The van der Waals surface area contributed by atoms with Crippen LogP contribution in [0.15, 0.2) is 54.6 Å². The highest BCUT2D eigenvalue weighted by molar-refractivity contribution is 5.66. The van der Waals surface area contributed by atoms with E-state index < -0.39 is 12.1 Å². The standard InChI is InChI=1S/C33H48O7/c34-29-24-30(40-33-17-9-11-23-38-33)28(27(29)14-6-1-2-7-15-31(35)36)21-20-26(39-32-16-8-10-22-37-32)19-18-25-12-4-3-5-13-25/h1,3-6,12-13,20-21,26-30,32-34H,2,7-11,14-19,22-24H2,(H,35,36)/b6-1-,21-20+/t26-,27+,28+,29-,30-,32?,33?/m0/s1. The Bertz CT molecular complexity index is 905. The van der Waals surface area contributed by atoms with E-state index in [4.69, 9.17) is 24.1 Å². The predicted molar refractivity (Wildman–Crippen MR) is 154 cm³/mol. The largest absolute Gasteiger partial charge is 0.481 e. The predicted octanol–water partition coefficient (Wildman–Crippen LogP) is 6.20. The number of benzene rings is 1. The van der Waals surface area contributed by atoms with Gasteiger partial charge in [-0.25, -0.2) is 0 Å². The van der Waals surface area contributed by atoms with Gasteiger partial charge in [-0.3, -0.25) is 4.79 Å². The Morgan fingerprint density at radius 1 is 1.02 bits per heavy atom. The molecular formula is C33H48O7. The molecule has 1 aliphatic carbocycles. The Kier molecular flexibility index (Phi) is 13.2. The fraction of sp³-hybridized carbons (Fsp3) is 0.667. The molecule has 0 bridgehead atoms. The van der Waals surface area contributed by atoms with Crippen LogP contribution < -0.4 is 0 Å². The molecule has 0 spiro atoms. The summed E-state index contributed by atoms with van der Waals surface area (Å²) in [6.07, 6.45) is 18.2. The van der Waals surface area contributed by atoms with Crippen LogP contribution in [0.1, 0.15) is 82.6 Å². The number of hydrogen-bond donors (Lipinski definition) is 2. The smallest absolute Gasteiger partial charge is 0.303 e. The number of aliphatic carboxylic acids is 1. The SMILES string of the molecule is O=C(O)CCC/C=C\C[C@@H]1[C@@H](/C=C/[C@H](CCc2ccccc2)OC2CCCCO2)[C@@H](OC2CCCCO2)C[C@@H]1O. The van der Waals surface area contributed by atoms with E-state index >= 15 is 0 Å². The third-order valence-corrected chi connectivity index (χ3v) is 8.27. The van der Waals surface area contributed by atoms with Crippen LogP contribution in [-0.2, 0) is 30.2 Å². The van der Waals surface area contributed by atoms with Gasteiger partial charge in [0.15, 0.2) is 12.6 Å². The van der Waals surface area contributed by atoms with Crippen molar-refractivity contribution in [3.8, 4) is 0 Å². The van der Waals surface area contributed by atoms with Crippen molar-refractivity contribution in [1.82, 2.24) is 0 Å². The molecule has 7 heteroatoms. The van der Waals surface area contributed by atoms with Crippen LogP contribution in [0.5, 0.6) is 0 Å². The van der Waals surface area contributed by atoms with E-state index in [0.29, 0.717) is 12.8 Å². The summed E-state index contributed by atoms with van der Waals surface area (Å²) >= 11 is 0. The monoisotopic (exact) mass is 556 g/mol. The lowest BCUT2D eigenvalue weighted by atomic mass is 9.89. The summed E-state index contributed by atoms with van der Waals surface area (Å²) in [5, 5.41) is 20.0. The lowest BCUT2D eigenvalue weighted by molar-refractivity contribution is -0.193. The minimum absolute atomic E-state index is 0.0151. The lowest BCUT2D eigenvalue weighted by Crippen LogP contribution is -2.31. The van der Waals surface area contributed by atoms with Crippen LogP contribution in [0.2, 0.25) is 0 Å². The van der Waals surface area contributed by atoms with Crippen LogP contribution in [0.3, 0.4) is 0 Å². The van der Waals surface area contributed by atoms with Crippen LogP contribution in [-0.4, -0.2) is 60.3 Å². The van der Waals surface area contributed by atoms with E-state index in [-0.39, 0.29) is 43.0 Å². The molecule has 7 atom stereocenters. The molecule has 4 rings (SSSR count). The summed E-state index contributed by atoms with van der Waals surface area (Å²) in [5.74, 6) is -0.724. The fourth-order valence-electron chi connectivity index (χ4n) is 6.01. The molecule has 1 aromatic rings. The van der Waals surface area contributed by atoms with Crippen molar-refractivity contribution in [3.05, 3.63) is 60.2 Å². The third-order valence-electron chi connectivity index (χ3n) is 8.27. The molecule has 3 aliphatic rings. The second kappa shape index (κ2) is 17.0. The van der Waals surface area contributed by atoms with Gasteiger partial charge in [-0.2, -0.15) is 0 Å². The van der Waals surface area contributed by atoms with Crippen molar-refractivity contribution in [1.29, 1.82) is 0 Å². The molecule has 2 saturated heterocycles. The quantitative estimate of drug-likeness (QED) is 0.196.